The van der Waals surface area contributed by atoms with Crippen LogP contribution in [0, 0.1) is 6.92 Å². The van der Waals surface area contributed by atoms with Crippen molar-refractivity contribution in [2.75, 3.05) is 32.4 Å². The summed E-state index contributed by atoms with van der Waals surface area (Å²) in [7, 11) is 4.59. The molecule has 0 radical (unpaired) electrons. The molecule has 0 aliphatic rings. The number of aromatic nitrogens is 2. The fourth-order valence-electron chi connectivity index (χ4n) is 2.55. The van der Waals surface area contributed by atoms with Crippen LogP contribution in [0.25, 0.3) is 11.5 Å². The number of methoxy groups -OCH3 is 3. The van der Waals surface area contributed by atoms with Gasteiger partial charge in [-0.05, 0) is 31.2 Å². The normalized spacial score (nSPS) is 10.5. The zero-order valence-corrected chi connectivity index (χ0v) is 17.3. The van der Waals surface area contributed by atoms with Gasteiger partial charge in [-0.3, -0.25) is 4.79 Å². The monoisotopic (exact) mass is 415 g/mol. The minimum Gasteiger partial charge on any atom is -0.493 e. The van der Waals surface area contributed by atoms with Crippen molar-refractivity contribution < 1.29 is 23.4 Å². The van der Waals surface area contributed by atoms with Crippen LogP contribution in [0.5, 0.6) is 17.2 Å². The van der Waals surface area contributed by atoms with E-state index in [1.54, 1.807) is 12.1 Å². The molecule has 0 saturated heterocycles. The van der Waals surface area contributed by atoms with Gasteiger partial charge in [0.2, 0.25) is 17.5 Å². The van der Waals surface area contributed by atoms with Crippen LogP contribution in [0.3, 0.4) is 0 Å². The number of nitrogens with one attached hydrogen (secondary N) is 1. The lowest BCUT2D eigenvalue weighted by molar-refractivity contribution is -0.113. The molecule has 0 fully saturated rings. The van der Waals surface area contributed by atoms with E-state index in [0.717, 1.165) is 23.0 Å². The highest BCUT2D eigenvalue weighted by atomic mass is 32.2. The first-order chi connectivity index (χ1) is 14.0. The maximum atomic E-state index is 12.1. The standard InChI is InChI=1S/C20H21N3O5S/c1-12-5-7-14(8-6-12)21-17(24)11-29-20-23-22-19(28-20)13-9-15(25-2)18(27-4)16(10-13)26-3/h5-10H,11H2,1-4H3,(H,21,24). The highest BCUT2D eigenvalue weighted by Gasteiger charge is 2.18. The summed E-state index contributed by atoms with van der Waals surface area (Å²) in [5.41, 5.74) is 2.48. The number of hydrogen-bond donors (Lipinski definition) is 1. The van der Waals surface area contributed by atoms with Gasteiger partial charge in [-0.15, -0.1) is 10.2 Å². The number of rotatable bonds is 8. The molecule has 3 rings (SSSR count). The number of carbonyl (C=O) groups is 1. The molecule has 0 bridgehead atoms. The topological polar surface area (TPSA) is 95.7 Å². The lowest BCUT2D eigenvalue weighted by Gasteiger charge is -2.12. The third-order valence-corrected chi connectivity index (χ3v) is 4.80. The zero-order valence-electron chi connectivity index (χ0n) is 16.5. The van der Waals surface area contributed by atoms with Gasteiger partial charge >= 0.3 is 0 Å². The molecule has 2 aromatic carbocycles. The molecule has 0 unspecified atom stereocenters. The lowest BCUT2D eigenvalue weighted by atomic mass is 10.2. The molecular formula is C20H21N3O5S. The summed E-state index contributed by atoms with van der Waals surface area (Å²) in [6.45, 7) is 1.99. The predicted molar refractivity (Wildman–Crippen MR) is 110 cm³/mol. The molecule has 1 amide bonds. The van der Waals surface area contributed by atoms with Crippen LogP contribution in [-0.4, -0.2) is 43.2 Å². The van der Waals surface area contributed by atoms with Crippen LogP contribution in [-0.2, 0) is 4.79 Å². The molecule has 1 N–H and O–H groups in total. The first-order valence-corrected chi connectivity index (χ1v) is 9.65. The van der Waals surface area contributed by atoms with Gasteiger partial charge in [0.15, 0.2) is 11.5 Å². The third kappa shape index (κ3) is 5.00. The van der Waals surface area contributed by atoms with E-state index in [1.807, 2.05) is 31.2 Å². The predicted octanol–water partition coefficient (Wildman–Crippen LogP) is 3.80. The molecule has 1 aromatic heterocycles. The number of benzene rings is 2. The van der Waals surface area contributed by atoms with Gasteiger partial charge in [0.05, 0.1) is 27.1 Å². The second-order valence-corrected chi connectivity index (χ2v) is 6.92. The summed E-state index contributed by atoms with van der Waals surface area (Å²) >= 11 is 1.15. The van der Waals surface area contributed by atoms with Crippen LogP contribution < -0.4 is 19.5 Å². The molecule has 0 aliphatic carbocycles. The number of amides is 1. The van der Waals surface area contributed by atoms with Crippen LogP contribution >= 0.6 is 11.8 Å². The highest BCUT2D eigenvalue weighted by molar-refractivity contribution is 7.99. The van der Waals surface area contributed by atoms with Gasteiger partial charge in [0.25, 0.3) is 5.22 Å². The Labute approximate surface area is 172 Å². The van der Waals surface area contributed by atoms with Gasteiger partial charge in [-0.1, -0.05) is 29.5 Å². The highest BCUT2D eigenvalue weighted by Crippen LogP contribution is 2.41. The van der Waals surface area contributed by atoms with E-state index >= 15 is 0 Å². The maximum Gasteiger partial charge on any atom is 0.277 e. The first-order valence-electron chi connectivity index (χ1n) is 8.67. The largest absolute Gasteiger partial charge is 0.493 e. The van der Waals surface area contributed by atoms with Crippen LogP contribution in [0.1, 0.15) is 5.56 Å². The molecule has 0 spiro atoms. The number of aryl methyl sites for hydroxylation is 1. The molecule has 0 aliphatic heterocycles. The second-order valence-electron chi connectivity index (χ2n) is 5.99. The van der Waals surface area contributed by atoms with E-state index in [2.05, 4.69) is 15.5 Å². The Balaban J connectivity index is 1.67. The summed E-state index contributed by atoms with van der Waals surface area (Å²) in [4.78, 5) is 12.1. The minimum absolute atomic E-state index is 0.144. The fraction of sp³-hybridized carbons (Fsp3) is 0.250. The molecule has 0 saturated carbocycles. The Morgan fingerprint density at radius 3 is 2.28 bits per heavy atom. The number of thioether (sulfide) groups is 1. The molecule has 0 atom stereocenters. The van der Waals surface area contributed by atoms with Gasteiger partial charge in [0.1, 0.15) is 0 Å². The number of hydrogen-bond acceptors (Lipinski definition) is 8. The number of carbonyl (C=O) groups excluding carboxylic acids is 1. The van der Waals surface area contributed by atoms with E-state index in [4.69, 9.17) is 18.6 Å². The van der Waals surface area contributed by atoms with Crippen LogP contribution in [0.15, 0.2) is 46.0 Å². The Bertz CT molecular complexity index is 963. The summed E-state index contributed by atoms with van der Waals surface area (Å²) in [6, 6.07) is 11.0. The molecule has 1 heterocycles. The third-order valence-electron chi connectivity index (χ3n) is 3.98. The fourth-order valence-corrected chi connectivity index (χ4v) is 3.11. The molecule has 3 aromatic rings. The molecular weight excluding hydrogens is 394 g/mol. The van der Waals surface area contributed by atoms with Crippen molar-refractivity contribution in [3.05, 3.63) is 42.0 Å². The van der Waals surface area contributed by atoms with Crippen molar-refractivity contribution in [3.8, 4) is 28.7 Å². The lowest BCUT2D eigenvalue weighted by Crippen LogP contribution is -2.13. The number of anilines is 1. The van der Waals surface area contributed by atoms with E-state index in [1.165, 1.54) is 21.3 Å². The number of ether oxygens (including phenoxy) is 3. The van der Waals surface area contributed by atoms with Crippen molar-refractivity contribution in [2.45, 2.75) is 12.1 Å². The zero-order chi connectivity index (χ0) is 20.8. The van der Waals surface area contributed by atoms with Crippen molar-refractivity contribution in [3.63, 3.8) is 0 Å². The Morgan fingerprint density at radius 2 is 1.69 bits per heavy atom. The molecule has 9 heteroatoms. The van der Waals surface area contributed by atoms with Crippen LogP contribution in [0.2, 0.25) is 0 Å². The molecule has 8 nitrogen and oxygen atoms in total. The minimum atomic E-state index is -0.161. The van der Waals surface area contributed by atoms with E-state index in [9.17, 15) is 4.79 Å². The van der Waals surface area contributed by atoms with Gasteiger partial charge < -0.3 is 23.9 Å². The van der Waals surface area contributed by atoms with Crippen molar-refractivity contribution in [2.24, 2.45) is 0 Å². The summed E-state index contributed by atoms with van der Waals surface area (Å²) < 4.78 is 21.7. The van der Waals surface area contributed by atoms with E-state index < -0.39 is 0 Å². The average molecular weight is 415 g/mol. The number of nitrogens with zero attached hydrogens (tertiary/aromatic N) is 2. The molecule has 152 valence electrons. The second kappa shape index (κ2) is 9.33. The van der Waals surface area contributed by atoms with Crippen molar-refractivity contribution >= 4 is 23.4 Å². The van der Waals surface area contributed by atoms with Crippen molar-refractivity contribution in [1.29, 1.82) is 0 Å². The van der Waals surface area contributed by atoms with E-state index in [0.29, 0.717) is 22.8 Å². The quantitative estimate of drug-likeness (QED) is 0.555. The Kier molecular flexibility index (Phi) is 6.61. The summed E-state index contributed by atoms with van der Waals surface area (Å²) in [5.74, 6) is 1.70. The van der Waals surface area contributed by atoms with Crippen molar-refractivity contribution in [1.82, 2.24) is 10.2 Å². The summed E-state index contributed by atoms with van der Waals surface area (Å²) in [6.07, 6.45) is 0. The smallest absolute Gasteiger partial charge is 0.277 e. The average Bonchev–Trinajstić information content (AvgIpc) is 3.22. The van der Waals surface area contributed by atoms with Gasteiger partial charge in [-0.2, -0.15) is 0 Å². The van der Waals surface area contributed by atoms with E-state index in [-0.39, 0.29) is 22.8 Å². The van der Waals surface area contributed by atoms with Gasteiger partial charge in [0, 0.05) is 11.3 Å². The first kappa shape index (κ1) is 20.5. The van der Waals surface area contributed by atoms with Gasteiger partial charge in [-0.25, -0.2) is 0 Å². The van der Waals surface area contributed by atoms with Crippen LogP contribution in [0.4, 0.5) is 5.69 Å². The molecule has 29 heavy (non-hydrogen) atoms. The maximum absolute atomic E-state index is 12.1. The summed E-state index contributed by atoms with van der Waals surface area (Å²) in [5, 5.41) is 11.1. The Hall–Kier alpha value is -3.20. The SMILES string of the molecule is COc1cc(-c2nnc(SCC(=O)Nc3ccc(C)cc3)o2)cc(OC)c1OC. The Morgan fingerprint density at radius 1 is 1.03 bits per heavy atom.